The van der Waals surface area contributed by atoms with Crippen LogP contribution in [0.2, 0.25) is 5.02 Å². The average molecular weight is 661 g/mol. The van der Waals surface area contributed by atoms with Crippen LogP contribution >= 0.6 is 22.9 Å². The number of amides is 1. The van der Waals surface area contributed by atoms with Crippen LogP contribution in [0.4, 0.5) is 23.2 Å². The number of sulfonamides is 1. The van der Waals surface area contributed by atoms with Gasteiger partial charge in [0.1, 0.15) is 5.82 Å². The van der Waals surface area contributed by atoms with Crippen molar-refractivity contribution in [2.75, 3.05) is 24.2 Å². The van der Waals surface area contributed by atoms with E-state index in [1.54, 1.807) is 12.1 Å². The van der Waals surface area contributed by atoms with Gasteiger partial charge in [-0.05, 0) is 43.4 Å². The minimum Gasteiger partial charge on any atom is -0.323 e. The van der Waals surface area contributed by atoms with E-state index in [0.717, 1.165) is 12.6 Å². The van der Waals surface area contributed by atoms with Gasteiger partial charge in [-0.2, -0.15) is 17.5 Å². The molecule has 16 heteroatoms. The fourth-order valence-corrected chi connectivity index (χ4v) is 8.19. The minimum atomic E-state index is -4.68. The number of piperazine rings is 1. The number of pyridine rings is 1. The van der Waals surface area contributed by atoms with Crippen LogP contribution in [-0.4, -0.2) is 65.6 Å². The first kappa shape index (κ1) is 31.7. The van der Waals surface area contributed by atoms with Gasteiger partial charge in [-0.25, -0.2) is 17.8 Å². The fraction of sp³-hybridized carbons (Fsp3) is 0.444. The molecule has 5 rings (SSSR count). The number of hydrogen-bond acceptors (Lipinski definition) is 8. The number of nitrogens with one attached hydrogen (secondary N) is 2. The molecule has 4 heterocycles. The Bertz CT molecular complexity index is 1570. The molecule has 43 heavy (non-hydrogen) atoms. The van der Waals surface area contributed by atoms with Crippen LogP contribution < -0.4 is 16.4 Å². The summed E-state index contributed by atoms with van der Waals surface area (Å²) < 4.78 is 82.2. The number of carbonyl (C=O) groups excluding carboxylic acids is 1. The van der Waals surface area contributed by atoms with Crippen molar-refractivity contribution < 1.29 is 30.8 Å². The van der Waals surface area contributed by atoms with Crippen molar-refractivity contribution in [1.29, 1.82) is 0 Å². The van der Waals surface area contributed by atoms with E-state index in [-0.39, 0.29) is 41.6 Å². The smallest absolute Gasteiger partial charge is 0.323 e. The predicted molar refractivity (Wildman–Crippen MR) is 155 cm³/mol. The van der Waals surface area contributed by atoms with Crippen molar-refractivity contribution in [3.8, 4) is 0 Å². The molecule has 4 N–H and O–H groups in total. The second-order valence-corrected chi connectivity index (χ2v) is 13.9. The molecule has 0 radical (unpaired) electrons. The Morgan fingerprint density at radius 3 is 2.70 bits per heavy atom. The minimum absolute atomic E-state index is 0.0323. The summed E-state index contributed by atoms with van der Waals surface area (Å²) >= 11 is 6.38. The number of nitrogens with two attached hydrogens (primary N) is 1. The summed E-state index contributed by atoms with van der Waals surface area (Å²) in [5.41, 5.74) is 6.85. The van der Waals surface area contributed by atoms with Gasteiger partial charge in [0.05, 0.1) is 41.5 Å². The highest BCUT2D eigenvalue weighted by Crippen LogP contribution is 2.36. The van der Waals surface area contributed by atoms with Gasteiger partial charge in [-0.1, -0.05) is 23.7 Å². The van der Waals surface area contributed by atoms with E-state index in [1.807, 2.05) is 0 Å². The molecule has 5 atom stereocenters. The van der Waals surface area contributed by atoms with Gasteiger partial charge in [0.15, 0.2) is 5.01 Å². The summed E-state index contributed by atoms with van der Waals surface area (Å²) in [4.78, 5) is 21.0. The van der Waals surface area contributed by atoms with E-state index >= 15 is 4.39 Å². The van der Waals surface area contributed by atoms with Crippen LogP contribution in [0, 0.1) is 5.82 Å². The highest BCUT2D eigenvalue weighted by molar-refractivity contribution is 7.89. The first-order valence-electron chi connectivity index (χ1n) is 13.5. The Hall–Kier alpha value is -2.69. The standard InChI is InChI=1S/C27H29ClF4N6O3S2/c28-16-5-3-15(4-6-16)23(22-14-42-26(37-22)27(30,31)32)24(33)25(39)36-21-12-34-11-20(29)19(21)8-7-18-10-35-17-2-1-9-43(40,41)38(18)13-17/h3-6,11-12,14,17-18,23-24,35H,1-2,7-10,13,33H2,(H,36,39)/t17-,18?,23+,24+/m1/s1. The molecular formula is C27H29ClF4N6O3S2. The molecule has 0 saturated carbocycles. The number of nitrogens with zero attached hydrogens (tertiary/aromatic N) is 3. The molecule has 2 aliphatic rings. The summed E-state index contributed by atoms with van der Waals surface area (Å²) in [5.74, 6) is -2.52. The van der Waals surface area contributed by atoms with Crippen LogP contribution in [0.25, 0.3) is 0 Å². The average Bonchev–Trinajstić information content (AvgIpc) is 3.41. The molecule has 1 amide bonds. The molecule has 2 saturated heterocycles. The summed E-state index contributed by atoms with van der Waals surface area (Å²) in [6, 6.07) is 4.37. The third-order valence-electron chi connectivity index (χ3n) is 7.73. The Morgan fingerprint density at radius 1 is 1.26 bits per heavy atom. The number of alkyl halides is 3. The molecular weight excluding hydrogens is 632 g/mol. The molecule has 3 aromatic rings. The molecule has 0 aliphatic carbocycles. The number of aromatic nitrogens is 2. The molecule has 2 fully saturated rings. The summed E-state index contributed by atoms with van der Waals surface area (Å²) in [6.45, 7) is 0.766. The molecule has 2 unspecified atom stereocenters. The normalized spacial score (nSPS) is 23.3. The molecule has 2 bridgehead atoms. The lowest BCUT2D eigenvalue weighted by molar-refractivity contribution is -0.137. The lowest BCUT2D eigenvalue weighted by atomic mass is 9.88. The van der Waals surface area contributed by atoms with Gasteiger partial charge in [0, 0.05) is 41.1 Å². The van der Waals surface area contributed by atoms with Gasteiger partial charge in [0.2, 0.25) is 15.9 Å². The number of hydrogen-bond donors (Lipinski definition) is 3. The van der Waals surface area contributed by atoms with Crippen LogP contribution in [0.15, 0.2) is 42.0 Å². The summed E-state index contributed by atoms with van der Waals surface area (Å²) in [5, 5.41) is 6.45. The largest absolute Gasteiger partial charge is 0.443 e. The highest BCUT2D eigenvalue weighted by atomic mass is 35.5. The SMILES string of the molecule is N[C@H](C(=O)Nc1cncc(F)c1CCC1CN[C@@H]2CCCS(=O)(=O)N1C2)[C@@H](c1ccc(Cl)cc1)c1csc(C(F)(F)F)n1. The van der Waals surface area contributed by atoms with Gasteiger partial charge in [0.25, 0.3) is 0 Å². The van der Waals surface area contributed by atoms with Crippen LogP contribution in [-0.2, 0) is 27.4 Å². The zero-order valence-electron chi connectivity index (χ0n) is 22.7. The molecule has 2 aliphatic heterocycles. The van der Waals surface area contributed by atoms with E-state index < -0.39 is 50.9 Å². The van der Waals surface area contributed by atoms with E-state index in [2.05, 4.69) is 20.6 Å². The van der Waals surface area contributed by atoms with E-state index in [9.17, 15) is 26.4 Å². The van der Waals surface area contributed by atoms with Gasteiger partial charge < -0.3 is 16.4 Å². The van der Waals surface area contributed by atoms with Crippen molar-refractivity contribution in [2.24, 2.45) is 5.73 Å². The van der Waals surface area contributed by atoms with Crippen LogP contribution in [0.5, 0.6) is 0 Å². The highest BCUT2D eigenvalue weighted by Gasteiger charge is 2.39. The maximum Gasteiger partial charge on any atom is 0.443 e. The molecule has 1 aromatic carbocycles. The first-order valence-corrected chi connectivity index (χ1v) is 16.4. The third kappa shape index (κ3) is 7.18. The van der Waals surface area contributed by atoms with E-state index in [4.69, 9.17) is 17.3 Å². The van der Waals surface area contributed by atoms with Crippen molar-refractivity contribution in [3.05, 3.63) is 74.7 Å². The van der Waals surface area contributed by atoms with Crippen molar-refractivity contribution in [3.63, 3.8) is 0 Å². The van der Waals surface area contributed by atoms with Gasteiger partial charge >= 0.3 is 6.18 Å². The first-order chi connectivity index (χ1) is 20.3. The van der Waals surface area contributed by atoms with Crippen molar-refractivity contribution >= 4 is 44.6 Å². The summed E-state index contributed by atoms with van der Waals surface area (Å²) in [6.07, 6.45) is -0.744. The Morgan fingerprint density at radius 2 is 2.00 bits per heavy atom. The lowest BCUT2D eigenvalue weighted by Crippen LogP contribution is -2.57. The molecule has 232 valence electrons. The topological polar surface area (TPSA) is 130 Å². The number of rotatable bonds is 8. The molecule has 2 aromatic heterocycles. The number of carbonyl (C=O) groups is 1. The Balaban J connectivity index is 1.37. The number of anilines is 1. The predicted octanol–water partition coefficient (Wildman–Crippen LogP) is 4.15. The summed E-state index contributed by atoms with van der Waals surface area (Å²) in [7, 11) is -3.45. The van der Waals surface area contributed by atoms with Crippen LogP contribution in [0.3, 0.4) is 0 Å². The number of halogens is 5. The number of fused-ring (bicyclic) bond motifs is 2. The Labute approximate surface area is 254 Å². The second kappa shape index (κ2) is 12.7. The molecule has 0 spiro atoms. The monoisotopic (exact) mass is 660 g/mol. The van der Waals surface area contributed by atoms with Crippen molar-refractivity contribution in [1.82, 2.24) is 19.6 Å². The third-order valence-corrected chi connectivity index (χ3v) is 10.9. The number of thiazole rings is 1. The maximum atomic E-state index is 15.0. The number of benzene rings is 1. The maximum absolute atomic E-state index is 15.0. The Kier molecular flexibility index (Phi) is 9.40. The van der Waals surface area contributed by atoms with Crippen LogP contribution in [0.1, 0.15) is 47.0 Å². The van der Waals surface area contributed by atoms with Crippen molar-refractivity contribution in [2.45, 2.75) is 55.9 Å². The van der Waals surface area contributed by atoms with Gasteiger partial charge in [-0.15, -0.1) is 11.3 Å². The van der Waals surface area contributed by atoms with E-state index in [1.165, 1.54) is 28.0 Å². The zero-order valence-corrected chi connectivity index (χ0v) is 25.0. The lowest BCUT2D eigenvalue weighted by Gasteiger charge is -2.37. The second-order valence-electron chi connectivity index (χ2n) is 10.6. The fourth-order valence-electron chi connectivity index (χ4n) is 5.54. The zero-order chi connectivity index (χ0) is 30.9. The quantitative estimate of drug-likeness (QED) is 0.310. The molecule has 9 nitrogen and oxygen atoms in total. The van der Waals surface area contributed by atoms with E-state index in [0.29, 0.717) is 41.4 Å². The van der Waals surface area contributed by atoms with Gasteiger partial charge in [-0.3, -0.25) is 9.78 Å².